The van der Waals surface area contributed by atoms with Crippen LogP contribution < -0.4 is 5.32 Å². The Kier molecular flexibility index (Phi) is 4.69. The third kappa shape index (κ3) is 3.43. The minimum Gasteiger partial charge on any atom is -0.375 e. The molecule has 1 N–H and O–H groups in total. The zero-order chi connectivity index (χ0) is 12.2. The second kappa shape index (κ2) is 5.60. The molecule has 1 heterocycles. The number of hydrogen-bond acceptors (Lipinski definition) is 4. The molecule has 0 saturated carbocycles. The van der Waals surface area contributed by atoms with Crippen LogP contribution >= 0.6 is 11.3 Å². The molecule has 16 heavy (non-hydrogen) atoms. The Bertz CT molecular complexity index is 338. The van der Waals surface area contributed by atoms with Gasteiger partial charge in [-0.15, -0.1) is 11.3 Å². The summed E-state index contributed by atoms with van der Waals surface area (Å²) in [7, 11) is 1.60. The van der Waals surface area contributed by atoms with E-state index in [0.717, 1.165) is 11.3 Å². The standard InChI is InChI=1S/C9H13F3N2OS/c1-3-15-5-7-14-8(9(10,11)12)6(16-7)4-13-2/h13H,3-5H2,1-2H3. The van der Waals surface area contributed by atoms with Gasteiger partial charge in [-0.05, 0) is 14.0 Å². The minimum absolute atomic E-state index is 0.133. The van der Waals surface area contributed by atoms with E-state index in [4.69, 9.17) is 4.74 Å². The van der Waals surface area contributed by atoms with Crippen LogP contribution in [0.5, 0.6) is 0 Å². The van der Waals surface area contributed by atoms with Gasteiger partial charge in [0.05, 0.1) is 11.5 Å². The lowest BCUT2D eigenvalue weighted by molar-refractivity contribution is -0.141. The summed E-state index contributed by atoms with van der Waals surface area (Å²) in [5.41, 5.74) is -0.804. The summed E-state index contributed by atoms with van der Waals surface area (Å²) < 4.78 is 42.8. The molecule has 0 radical (unpaired) electrons. The highest BCUT2D eigenvalue weighted by atomic mass is 32.1. The van der Waals surface area contributed by atoms with Gasteiger partial charge in [0.1, 0.15) is 5.01 Å². The first kappa shape index (κ1) is 13.4. The van der Waals surface area contributed by atoms with E-state index in [1.54, 1.807) is 14.0 Å². The highest BCUT2D eigenvalue weighted by Gasteiger charge is 2.37. The third-order valence-corrected chi connectivity index (χ3v) is 2.81. The van der Waals surface area contributed by atoms with E-state index in [1.807, 2.05) is 0 Å². The van der Waals surface area contributed by atoms with E-state index < -0.39 is 11.9 Å². The van der Waals surface area contributed by atoms with Crippen molar-refractivity contribution in [2.45, 2.75) is 26.3 Å². The van der Waals surface area contributed by atoms with Crippen molar-refractivity contribution in [2.24, 2.45) is 0 Å². The predicted octanol–water partition coefficient (Wildman–Crippen LogP) is 2.42. The SMILES string of the molecule is CCOCc1nc(C(F)(F)F)c(CNC)s1. The fraction of sp³-hybridized carbons (Fsp3) is 0.667. The van der Waals surface area contributed by atoms with E-state index in [0.29, 0.717) is 11.6 Å². The maximum absolute atomic E-state index is 12.6. The summed E-state index contributed by atoms with van der Waals surface area (Å²) in [4.78, 5) is 3.76. The third-order valence-electron chi connectivity index (χ3n) is 1.78. The highest BCUT2D eigenvalue weighted by Crippen LogP contribution is 2.34. The van der Waals surface area contributed by atoms with E-state index >= 15 is 0 Å². The Hall–Kier alpha value is -0.660. The fourth-order valence-electron chi connectivity index (χ4n) is 1.15. The molecule has 0 aromatic carbocycles. The Morgan fingerprint density at radius 1 is 1.44 bits per heavy atom. The highest BCUT2D eigenvalue weighted by molar-refractivity contribution is 7.11. The maximum Gasteiger partial charge on any atom is 0.434 e. The number of ether oxygens (including phenoxy) is 1. The van der Waals surface area contributed by atoms with E-state index in [-0.39, 0.29) is 18.0 Å². The van der Waals surface area contributed by atoms with Gasteiger partial charge >= 0.3 is 6.18 Å². The molecular weight excluding hydrogens is 241 g/mol. The van der Waals surface area contributed by atoms with Crippen molar-refractivity contribution in [1.82, 2.24) is 10.3 Å². The second-order valence-electron chi connectivity index (χ2n) is 3.04. The van der Waals surface area contributed by atoms with Crippen LogP contribution in [0.3, 0.4) is 0 Å². The average molecular weight is 254 g/mol. The van der Waals surface area contributed by atoms with Crippen LogP contribution in [0.2, 0.25) is 0 Å². The van der Waals surface area contributed by atoms with Crippen LogP contribution in [0.15, 0.2) is 0 Å². The predicted molar refractivity (Wildman–Crippen MR) is 55.2 cm³/mol. The first-order valence-corrected chi connectivity index (χ1v) is 5.58. The van der Waals surface area contributed by atoms with Gasteiger partial charge in [-0.25, -0.2) is 4.98 Å². The molecule has 0 aliphatic carbocycles. The van der Waals surface area contributed by atoms with Gasteiger partial charge in [-0.3, -0.25) is 0 Å². The topological polar surface area (TPSA) is 34.1 Å². The summed E-state index contributed by atoms with van der Waals surface area (Å²) in [6.07, 6.45) is -4.40. The van der Waals surface area contributed by atoms with E-state index in [2.05, 4.69) is 10.3 Å². The number of hydrogen-bond donors (Lipinski definition) is 1. The number of nitrogens with one attached hydrogen (secondary N) is 1. The average Bonchev–Trinajstić information content (AvgIpc) is 2.58. The zero-order valence-corrected chi connectivity index (χ0v) is 9.84. The van der Waals surface area contributed by atoms with Crippen LogP contribution in [0.25, 0.3) is 0 Å². The maximum atomic E-state index is 12.6. The molecule has 1 rings (SSSR count). The van der Waals surface area contributed by atoms with Crippen molar-refractivity contribution in [3.8, 4) is 0 Å². The lowest BCUT2D eigenvalue weighted by Crippen LogP contribution is -2.12. The molecule has 0 atom stereocenters. The normalized spacial score (nSPS) is 12.1. The Morgan fingerprint density at radius 3 is 2.62 bits per heavy atom. The molecule has 1 aromatic heterocycles. The molecule has 0 amide bonds. The Morgan fingerprint density at radius 2 is 2.12 bits per heavy atom. The van der Waals surface area contributed by atoms with E-state index in [1.165, 1.54) is 0 Å². The monoisotopic (exact) mass is 254 g/mol. The van der Waals surface area contributed by atoms with Crippen LogP contribution in [0.4, 0.5) is 13.2 Å². The Balaban J connectivity index is 2.91. The van der Waals surface area contributed by atoms with Gasteiger partial charge in [0.2, 0.25) is 0 Å². The Labute approximate surface area is 95.6 Å². The molecule has 0 unspecified atom stereocenters. The molecule has 0 spiro atoms. The summed E-state index contributed by atoms with van der Waals surface area (Å²) in [6.45, 7) is 2.54. The van der Waals surface area contributed by atoms with Gasteiger partial charge in [-0.1, -0.05) is 0 Å². The lowest BCUT2D eigenvalue weighted by Gasteiger charge is -2.04. The lowest BCUT2D eigenvalue weighted by atomic mass is 10.3. The zero-order valence-electron chi connectivity index (χ0n) is 9.02. The summed E-state index contributed by atoms with van der Waals surface area (Å²) in [5, 5.41) is 3.06. The molecule has 1 aromatic rings. The molecule has 0 aliphatic heterocycles. The van der Waals surface area contributed by atoms with Crippen molar-refractivity contribution in [3.63, 3.8) is 0 Å². The summed E-state index contributed by atoms with van der Waals surface area (Å²) in [6, 6.07) is 0. The minimum atomic E-state index is -4.40. The van der Waals surface area contributed by atoms with Crippen molar-refractivity contribution >= 4 is 11.3 Å². The van der Waals surface area contributed by atoms with Crippen molar-refractivity contribution in [3.05, 3.63) is 15.6 Å². The number of aromatic nitrogens is 1. The van der Waals surface area contributed by atoms with Crippen LogP contribution in [-0.2, 0) is 24.1 Å². The van der Waals surface area contributed by atoms with Gasteiger partial charge in [-0.2, -0.15) is 13.2 Å². The van der Waals surface area contributed by atoms with Crippen molar-refractivity contribution in [2.75, 3.05) is 13.7 Å². The van der Waals surface area contributed by atoms with Crippen molar-refractivity contribution < 1.29 is 17.9 Å². The number of thiazole rings is 1. The fourth-order valence-corrected chi connectivity index (χ4v) is 2.19. The number of halogens is 3. The van der Waals surface area contributed by atoms with Crippen LogP contribution in [0, 0.1) is 0 Å². The largest absolute Gasteiger partial charge is 0.434 e. The molecule has 92 valence electrons. The summed E-state index contributed by atoms with van der Waals surface area (Å²) >= 11 is 1.03. The van der Waals surface area contributed by atoms with Crippen molar-refractivity contribution in [1.29, 1.82) is 0 Å². The number of rotatable bonds is 5. The van der Waals surface area contributed by atoms with E-state index in [9.17, 15) is 13.2 Å². The van der Waals surface area contributed by atoms with Gasteiger partial charge in [0, 0.05) is 13.2 Å². The quantitative estimate of drug-likeness (QED) is 0.876. The molecule has 7 heteroatoms. The molecule has 3 nitrogen and oxygen atoms in total. The molecule has 0 aliphatic rings. The second-order valence-corrected chi connectivity index (χ2v) is 4.21. The number of alkyl halides is 3. The molecule has 0 bridgehead atoms. The van der Waals surface area contributed by atoms with Gasteiger partial charge in [0.15, 0.2) is 5.69 Å². The first-order valence-electron chi connectivity index (χ1n) is 4.77. The van der Waals surface area contributed by atoms with Crippen LogP contribution in [0.1, 0.15) is 22.5 Å². The number of nitrogens with zero attached hydrogens (tertiary/aromatic N) is 1. The first-order chi connectivity index (χ1) is 7.49. The van der Waals surface area contributed by atoms with Gasteiger partial charge < -0.3 is 10.1 Å². The van der Waals surface area contributed by atoms with Gasteiger partial charge in [0.25, 0.3) is 0 Å². The molecule has 0 fully saturated rings. The summed E-state index contributed by atoms with van der Waals surface area (Å²) in [5.74, 6) is 0. The molecular formula is C9H13F3N2OS. The molecule has 0 saturated heterocycles. The smallest absolute Gasteiger partial charge is 0.375 e. The van der Waals surface area contributed by atoms with Crippen LogP contribution in [-0.4, -0.2) is 18.6 Å².